The summed E-state index contributed by atoms with van der Waals surface area (Å²) >= 11 is 0. The Balaban J connectivity index is 2.12. The molecule has 0 fully saturated rings. The van der Waals surface area contributed by atoms with E-state index in [0.717, 1.165) is 0 Å². The number of phenols is 1. The first-order valence-corrected chi connectivity index (χ1v) is 8.47. The zero-order valence-corrected chi connectivity index (χ0v) is 16.3. The average Bonchev–Trinajstić information content (AvgIpc) is 2.72. The summed E-state index contributed by atoms with van der Waals surface area (Å²) in [4.78, 5) is 12.9. The molecular weight excluding hydrogens is 368 g/mol. The smallest absolute Gasteiger partial charge is 0.211 e. The maximum Gasteiger partial charge on any atom is 0.211 e. The predicted octanol–water partition coefficient (Wildman–Crippen LogP) is 3.14. The van der Waals surface area contributed by atoms with E-state index in [1.54, 1.807) is 25.3 Å². The van der Waals surface area contributed by atoms with Crippen LogP contribution in [-0.2, 0) is 0 Å². The predicted molar refractivity (Wildman–Crippen MR) is 99.6 cm³/mol. The molecule has 0 radical (unpaired) electrons. The molecule has 8 heteroatoms. The zero-order chi connectivity index (χ0) is 20.4. The van der Waals surface area contributed by atoms with E-state index in [-0.39, 0.29) is 46.5 Å². The molecule has 1 aliphatic rings. The molecule has 0 aliphatic carbocycles. The van der Waals surface area contributed by atoms with E-state index >= 15 is 0 Å². The lowest BCUT2D eigenvalue weighted by Gasteiger charge is -2.29. The van der Waals surface area contributed by atoms with Crippen molar-refractivity contribution in [1.29, 1.82) is 0 Å². The van der Waals surface area contributed by atoms with Crippen LogP contribution in [0.5, 0.6) is 40.2 Å². The lowest BCUT2D eigenvalue weighted by Crippen LogP contribution is -2.21. The van der Waals surface area contributed by atoms with Crippen LogP contribution in [0, 0.1) is 0 Å². The quantitative estimate of drug-likeness (QED) is 0.804. The summed E-state index contributed by atoms with van der Waals surface area (Å²) in [5.74, 6) is 0.865. The number of ketones is 1. The average molecular weight is 390 g/mol. The van der Waals surface area contributed by atoms with Crippen molar-refractivity contribution in [2.75, 3.05) is 35.5 Å². The number of hydrogen-bond acceptors (Lipinski definition) is 8. The van der Waals surface area contributed by atoms with Crippen LogP contribution < -0.4 is 28.4 Å². The Morgan fingerprint density at radius 3 is 2.11 bits per heavy atom. The van der Waals surface area contributed by atoms with Gasteiger partial charge in [-0.15, -0.1) is 0 Å². The Morgan fingerprint density at radius 2 is 1.54 bits per heavy atom. The molecule has 1 unspecified atom stereocenters. The fourth-order valence-corrected chi connectivity index (χ4v) is 3.27. The van der Waals surface area contributed by atoms with Gasteiger partial charge in [-0.3, -0.25) is 4.79 Å². The number of carbonyl (C=O) groups excluding carboxylic acids is 1. The molecular formula is C20H22O8. The third kappa shape index (κ3) is 3.00. The van der Waals surface area contributed by atoms with E-state index in [9.17, 15) is 9.90 Å². The number of rotatable bonds is 6. The number of Topliss-reactive ketones (excluding diaryl/α,β-unsaturated/α-hetero) is 1. The van der Waals surface area contributed by atoms with Crippen molar-refractivity contribution in [3.63, 3.8) is 0 Å². The van der Waals surface area contributed by atoms with E-state index in [1.807, 2.05) is 0 Å². The van der Waals surface area contributed by atoms with Gasteiger partial charge in [-0.25, -0.2) is 0 Å². The van der Waals surface area contributed by atoms with Crippen LogP contribution >= 0.6 is 0 Å². The van der Waals surface area contributed by atoms with Gasteiger partial charge >= 0.3 is 0 Å². The molecule has 2 aromatic carbocycles. The van der Waals surface area contributed by atoms with Crippen molar-refractivity contribution in [1.82, 2.24) is 0 Å². The Bertz CT molecular complexity index is 906. The van der Waals surface area contributed by atoms with Crippen LogP contribution in [0.2, 0.25) is 0 Å². The van der Waals surface area contributed by atoms with E-state index in [4.69, 9.17) is 28.4 Å². The number of ether oxygens (including phenoxy) is 6. The van der Waals surface area contributed by atoms with Gasteiger partial charge in [0.15, 0.2) is 28.8 Å². The number of aromatic hydroxyl groups is 1. The second kappa shape index (κ2) is 7.75. The molecule has 0 saturated heterocycles. The summed E-state index contributed by atoms with van der Waals surface area (Å²) < 4.78 is 32.6. The minimum absolute atomic E-state index is 0.00577. The molecule has 8 nitrogen and oxygen atoms in total. The Morgan fingerprint density at radius 1 is 0.893 bits per heavy atom. The maximum atomic E-state index is 12.9. The molecule has 0 saturated carbocycles. The summed E-state index contributed by atoms with van der Waals surface area (Å²) in [5.41, 5.74) is 0.721. The van der Waals surface area contributed by atoms with E-state index < -0.39 is 6.10 Å². The van der Waals surface area contributed by atoms with Gasteiger partial charge in [0.25, 0.3) is 0 Å². The van der Waals surface area contributed by atoms with Crippen LogP contribution in [0.3, 0.4) is 0 Å². The van der Waals surface area contributed by atoms with Crippen molar-refractivity contribution in [2.24, 2.45) is 0 Å². The highest BCUT2D eigenvalue weighted by Gasteiger charge is 2.38. The standard InChI is InChI=1S/C20H22O8/c1-23-12-7-6-10(8-14(12)24-2)13-9-11(21)15-16(22)18(25-3)20(27-5)19(26-4)17(15)28-13/h6-8,13,22H,9H2,1-5H3. The van der Waals surface area contributed by atoms with Crippen LogP contribution in [-0.4, -0.2) is 46.4 Å². The third-order valence-corrected chi connectivity index (χ3v) is 4.60. The fraction of sp³-hybridized carbons (Fsp3) is 0.350. The van der Waals surface area contributed by atoms with Crippen molar-refractivity contribution >= 4 is 5.78 Å². The number of methoxy groups -OCH3 is 5. The normalized spacial score (nSPS) is 15.3. The second-order valence-corrected chi connectivity index (χ2v) is 6.00. The van der Waals surface area contributed by atoms with Crippen LogP contribution in [0.15, 0.2) is 18.2 Å². The topological polar surface area (TPSA) is 92.7 Å². The molecule has 28 heavy (non-hydrogen) atoms. The van der Waals surface area contributed by atoms with E-state index in [0.29, 0.717) is 17.1 Å². The molecule has 1 heterocycles. The van der Waals surface area contributed by atoms with Gasteiger partial charge in [0.2, 0.25) is 17.2 Å². The highest BCUT2D eigenvalue weighted by Crippen LogP contribution is 2.56. The monoisotopic (exact) mass is 390 g/mol. The molecule has 0 bridgehead atoms. The molecule has 1 atom stereocenters. The van der Waals surface area contributed by atoms with Crippen molar-refractivity contribution in [3.05, 3.63) is 29.3 Å². The van der Waals surface area contributed by atoms with Crippen LogP contribution in [0.4, 0.5) is 0 Å². The highest BCUT2D eigenvalue weighted by atomic mass is 16.6. The minimum Gasteiger partial charge on any atom is -0.504 e. The van der Waals surface area contributed by atoms with Gasteiger partial charge in [0, 0.05) is 0 Å². The number of carbonyl (C=O) groups is 1. The molecule has 0 amide bonds. The van der Waals surface area contributed by atoms with Crippen LogP contribution in [0.25, 0.3) is 0 Å². The molecule has 2 aromatic rings. The lowest BCUT2D eigenvalue weighted by molar-refractivity contribution is 0.0833. The largest absolute Gasteiger partial charge is 0.504 e. The van der Waals surface area contributed by atoms with E-state index in [2.05, 4.69) is 0 Å². The molecule has 3 rings (SSSR count). The minimum atomic E-state index is -0.605. The fourth-order valence-electron chi connectivity index (χ4n) is 3.27. The number of benzene rings is 2. The number of phenolic OH excluding ortho intramolecular Hbond substituents is 1. The number of hydrogen-bond donors (Lipinski definition) is 1. The van der Waals surface area contributed by atoms with Crippen LogP contribution in [0.1, 0.15) is 28.4 Å². The van der Waals surface area contributed by atoms with Gasteiger partial charge in [-0.05, 0) is 17.7 Å². The molecule has 1 aliphatic heterocycles. The lowest BCUT2D eigenvalue weighted by atomic mass is 9.94. The van der Waals surface area contributed by atoms with Crippen molar-refractivity contribution in [3.8, 4) is 40.2 Å². The van der Waals surface area contributed by atoms with Gasteiger partial charge < -0.3 is 33.5 Å². The number of fused-ring (bicyclic) bond motifs is 1. The zero-order valence-electron chi connectivity index (χ0n) is 16.3. The van der Waals surface area contributed by atoms with Gasteiger partial charge in [0.1, 0.15) is 11.7 Å². The first-order chi connectivity index (χ1) is 13.5. The summed E-state index contributed by atoms with van der Waals surface area (Å²) in [6.07, 6.45) is -0.583. The summed E-state index contributed by atoms with van der Waals surface area (Å²) in [5, 5.41) is 10.5. The molecule has 0 aromatic heterocycles. The molecule has 150 valence electrons. The SMILES string of the molecule is COc1ccc(C2CC(=O)c3c(O)c(OC)c(OC)c(OC)c3O2)cc1OC. The van der Waals surface area contributed by atoms with Gasteiger partial charge in [-0.1, -0.05) is 6.07 Å². The maximum absolute atomic E-state index is 12.9. The first-order valence-electron chi connectivity index (χ1n) is 8.47. The van der Waals surface area contributed by atoms with Crippen molar-refractivity contribution < 1.29 is 38.3 Å². The van der Waals surface area contributed by atoms with Crippen molar-refractivity contribution in [2.45, 2.75) is 12.5 Å². The second-order valence-electron chi connectivity index (χ2n) is 6.00. The Labute approximate surface area is 162 Å². The van der Waals surface area contributed by atoms with Gasteiger partial charge in [0.05, 0.1) is 42.0 Å². The third-order valence-electron chi connectivity index (χ3n) is 4.60. The summed E-state index contributed by atoms with van der Waals surface area (Å²) in [6, 6.07) is 5.27. The van der Waals surface area contributed by atoms with E-state index in [1.165, 1.54) is 28.4 Å². The summed E-state index contributed by atoms with van der Waals surface area (Å²) in [7, 11) is 7.26. The molecule has 0 spiro atoms. The first kappa shape index (κ1) is 19.5. The Kier molecular flexibility index (Phi) is 5.39. The molecule has 1 N–H and O–H groups in total. The van der Waals surface area contributed by atoms with Gasteiger partial charge in [-0.2, -0.15) is 0 Å². The summed E-state index contributed by atoms with van der Waals surface area (Å²) in [6.45, 7) is 0. The Hall–Kier alpha value is -3.29. The highest BCUT2D eigenvalue weighted by molar-refractivity contribution is 6.05.